The highest BCUT2D eigenvalue weighted by Crippen LogP contribution is 2.31. The van der Waals surface area contributed by atoms with Crippen LogP contribution in [-0.4, -0.2) is 47.0 Å². The molecule has 1 heterocycles. The van der Waals surface area contributed by atoms with E-state index in [2.05, 4.69) is 29.2 Å². The van der Waals surface area contributed by atoms with E-state index >= 15 is 0 Å². The van der Waals surface area contributed by atoms with E-state index in [1.54, 1.807) is 4.68 Å². The van der Waals surface area contributed by atoms with Crippen molar-refractivity contribution in [3.63, 3.8) is 0 Å². The lowest BCUT2D eigenvalue weighted by Crippen LogP contribution is -2.33. The third kappa shape index (κ3) is 4.09. The maximum atomic E-state index is 11.7. The Balaban J connectivity index is 2.52. The number of carbonyl (C=O) groups excluding carboxylic acids is 1. The monoisotopic (exact) mass is 357 g/mol. The number of nitrogens with zero attached hydrogens (tertiary/aromatic N) is 4. The van der Waals surface area contributed by atoms with E-state index in [0.717, 1.165) is 24.5 Å². The normalized spacial score (nSPS) is 15.7. The van der Waals surface area contributed by atoms with Gasteiger partial charge in [0.05, 0.1) is 11.4 Å². The summed E-state index contributed by atoms with van der Waals surface area (Å²) in [5, 5.41) is 7.35. The van der Waals surface area contributed by atoms with Crippen molar-refractivity contribution in [1.29, 1.82) is 0 Å². The summed E-state index contributed by atoms with van der Waals surface area (Å²) >= 11 is 0. The van der Waals surface area contributed by atoms with Gasteiger partial charge in [-0.2, -0.15) is 0 Å². The van der Waals surface area contributed by atoms with Gasteiger partial charge in [0, 0.05) is 25.7 Å². The number of benzene rings is 1. The number of anilines is 2. The highest BCUT2D eigenvalue weighted by Gasteiger charge is 2.29. The second-order valence-electron chi connectivity index (χ2n) is 6.52. The smallest absolute Gasteiger partial charge is 0.321 e. The van der Waals surface area contributed by atoms with Crippen LogP contribution in [0.25, 0.3) is 0 Å². The lowest BCUT2D eigenvalue weighted by molar-refractivity contribution is -0.561. The van der Waals surface area contributed by atoms with Crippen molar-refractivity contribution >= 4 is 40.2 Å². The number of hydrogen-bond donors (Lipinski definition) is 2. The van der Waals surface area contributed by atoms with Gasteiger partial charge < -0.3 is 10.2 Å². The molecule has 0 spiro atoms. The number of nitrogens with two attached hydrogens (primary N) is 1. The molecule has 7 nitrogen and oxygen atoms in total. The number of nitrogens with one attached hydrogen (secondary N) is 1. The van der Waals surface area contributed by atoms with Gasteiger partial charge in [-0.15, -0.1) is 4.68 Å². The highest BCUT2D eigenvalue weighted by atomic mass is 16.1. The van der Waals surface area contributed by atoms with Crippen LogP contribution in [0, 0.1) is 0 Å². The van der Waals surface area contributed by atoms with Gasteiger partial charge in [0.15, 0.2) is 5.71 Å². The summed E-state index contributed by atoms with van der Waals surface area (Å²) in [6, 6.07) is 6.02. The van der Waals surface area contributed by atoms with Crippen LogP contribution < -0.4 is 16.0 Å². The van der Waals surface area contributed by atoms with E-state index in [0.29, 0.717) is 22.9 Å². The second-order valence-corrected chi connectivity index (χ2v) is 6.52. The number of hydrogen-bond acceptors (Lipinski definition) is 5. The van der Waals surface area contributed by atoms with Crippen LogP contribution in [0.2, 0.25) is 0 Å². The number of aliphatic imine (C=N–C) groups is 1. The quantitative estimate of drug-likeness (QED) is 0.768. The molecule has 0 radical (unpaired) electrons. The largest absolute Gasteiger partial charge is 0.372 e. The molecular weight excluding hydrogens is 328 g/mol. The molecule has 0 saturated heterocycles. The predicted molar refractivity (Wildman–Crippen MR) is 109 cm³/mol. The summed E-state index contributed by atoms with van der Waals surface area (Å²) in [6.45, 7) is 13.4. The Morgan fingerprint density at radius 3 is 2.50 bits per heavy atom. The molecule has 0 aromatic heterocycles. The Kier molecular flexibility index (Phi) is 6.13. The highest BCUT2D eigenvalue weighted by molar-refractivity contribution is 6.67. The topological polar surface area (TPSA) is 86.1 Å². The molecule has 2 rings (SSSR count). The molecule has 0 atom stereocenters. The molecule has 0 saturated carbocycles. The van der Waals surface area contributed by atoms with E-state index in [4.69, 9.17) is 10.7 Å². The van der Waals surface area contributed by atoms with Gasteiger partial charge in [0.25, 0.3) is 0 Å². The number of amides is 1. The van der Waals surface area contributed by atoms with Gasteiger partial charge >= 0.3 is 5.84 Å². The maximum absolute atomic E-state index is 11.7. The molecule has 0 bridgehead atoms. The van der Waals surface area contributed by atoms with Crippen molar-refractivity contribution in [1.82, 2.24) is 0 Å². The zero-order valence-corrected chi connectivity index (χ0v) is 16.5. The molecule has 7 heteroatoms. The molecule has 0 fully saturated rings. The first kappa shape index (κ1) is 19.6. The van der Waals surface area contributed by atoms with Crippen molar-refractivity contribution in [3.8, 4) is 0 Å². The molecule has 3 N–H and O–H groups in total. The predicted octanol–water partition coefficient (Wildman–Crippen LogP) is 2.73. The summed E-state index contributed by atoms with van der Waals surface area (Å²) < 4.78 is 1.76. The number of carbonyl (C=O) groups is 1. The van der Waals surface area contributed by atoms with Gasteiger partial charge in [-0.05, 0) is 52.8 Å². The number of amidine groups is 1. The van der Waals surface area contributed by atoms with Crippen LogP contribution in [0.3, 0.4) is 0 Å². The van der Waals surface area contributed by atoms with E-state index in [9.17, 15) is 4.79 Å². The average molecular weight is 357 g/mol. The summed E-state index contributed by atoms with van der Waals surface area (Å²) in [5.41, 5.74) is 10.0. The fraction of sp³-hybridized carbons (Fsp3) is 0.474. The molecule has 140 valence electrons. The molecule has 1 amide bonds. The minimum Gasteiger partial charge on any atom is -0.372 e. The molecule has 1 aliphatic rings. The van der Waals surface area contributed by atoms with E-state index in [1.165, 1.54) is 6.92 Å². The van der Waals surface area contributed by atoms with Gasteiger partial charge in [-0.3, -0.25) is 10.5 Å². The Morgan fingerprint density at radius 2 is 2.00 bits per heavy atom. The van der Waals surface area contributed by atoms with Gasteiger partial charge in [-0.25, -0.2) is 4.99 Å². The molecule has 1 aliphatic heterocycles. The first-order valence-electron chi connectivity index (χ1n) is 9.01. The van der Waals surface area contributed by atoms with Crippen LogP contribution in [0.5, 0.6) is 0 Å². The van der Waals surface area contributed by atoms with Crippen molar-refractivity contribution < 1.29 is 9.48 Å². The maximum Gasteiger partial charge on any atom is 0.321 e. The van der Waals surface area contributed by atoms with Crippen LogP contribution in [-0.2, 0) is 4.79 Å². The summed E-state index contributed by atoms with van der Waals surface area (Å²) in [5.74, 6) is 0.389. The molecule has 1 aromatic rings. The van der Waals surface area contributed by atoms with Gasteiger partial charge in [0.1, 0.15) is 11.8 Å². The Bertz CT molecular complexity index is 787. The van der Waals surface area contributed by atoms with Crippen LogP contribution in [0.15, 0.2) is 28.3 Å². The Labute approximate surface area is 155 Å². The van der Waals surface area contributed by atoms with Crippen LogP contribution >= 0.6 is 0 Å². The zero-order chi connectivity index (χ0) is 19.4. The Hall–Kier alpha value is -2.70. The van der Waals surface area contributed by atoms with Crippen LogP contribution in [0.4, 0.5) is 17.1 Å². The first-order valence-corrected chi connectivity index (χ1v) is 9.01. The molecule has 1 aromatic carbocycles. The third-order valence-corrected chi connectivity index (χ3v) is 4.23. The molecule has 0 unspecified atom stereocenters. The minimum absolute atomic E-state index is 0.138. The van der Waals surface area contributed by atoms with Crippen LogP contribution in [0.1, 0.15) is 41.5 Å². The van der Waals surface area contributed by atoms with Crippen molar-refractivity contribution in [2.24, 2.45) is 15.8 Å². The standard InChI is InChI=1S/C19H28N6O/c1-7-24(8-2)15-9-10-16(17(11-15)21-14(6)26)22-18-13(5)23-25(12(3)4)19(18)20/h9-12H,7-8H2,1-6H3,(H2,20,21,23,26)/p+1. The van der Waals surface area contributed by atoms with E-state index < -0.39 is 0 Å². The second kappa shape index (κ2) is 8.12. The minimum atomic E-state index is -0.138. The fourth-order valence-corrected chi connectivity index (χ4v) is 2.91. The molecular formula is C19H29N6O+. The molecule has 26 heavy (non-hydrogen) atoms. The summed E-state index contributed by atoms with van der Waals surface area (Å²) in [4.78, 5) is 18.6. The van der Waals surface area contributed by atoms with Gasteiger partial charge in [-0.1, -0.05) is 5.10 Å². The third-order valence-electron chi connectivity index (χ3n) is 4.23. The lowest BCUT2D eigenvalue weighted by atomic mass is 10.2. The van der Waals surface area contributed by atoms with Crippen molar-refractivity contribution in [2.75, 3.05) is 23.3 Å². The van der Waals surface area contributed by atoms with E-state index in [-0.39, 0.29) is 11.9 Å². The summed E-state index contributed by atoms with van der Waals surface area (Å²) in [6.07, 6.45) is 0. The van der Waals surface area contributed by atoms with Crippen molar-refractivity contribution in [2.45, 2.75) is 47.6 Å². The number of hydrazone groups is 1. The van der Waals surface area contributed by atoms with Crippen molar-refractivity contribution in [3.05, 3.63) is 18.2 Å². The van der Waals surface area contributed by atoms with E-state index in [1.807, 2.05) is 39.0 Å². The fourth-order valence-electron chi connectivity index (χ4n) is 2.91. The molecule has 0 aliphatic carbocycles. The zero-order valence-electron chi connectivity index (χ0n) is 16.5. The summed E-state index contributed by atoms with van der Waals surface area (Å²) in [7, 11) is 0. The average Bonchev–Trinajstić information content (AvgIpc) is 2.85. The van der Waals surface area contributed by atoms with Gasteiger partial charge in [0.2, 0.25) is 5.91 Å². The first-order chi connectivity index (χ1) is 12.3. The number of rotatable bonds is 6. The Morgan fingerprint density at radius 1 is 1.35 bits per heavy atom. The SMILES string of the molecule is CCN(CC)c1ccc(N=C2C(C)=N[N+](C(C)C)=C2N)c(NC(C)=O)c1. The lowest BCUT2D eigenvalue weighted by Gasteiger charge is -2.22.